The molecule has 0 unspecified atom stereocenters. The van der Waals surface area contributed by atoms with Crippen LogP contribution in [-0.2, 0) is 0 Å². The smallest absolute Gasteiger partial charge is 0.366 e. The Morgan fingerprint density at radius 2 is 2.06 bits per heavy atom. The van der Waals surface area contributed by atoms with Crippen LogP contribution in [0.4, 0.5) is 0 Å². The van der Waals surface area contributed by atoms with Crippen LogP contribution in [0.3, 0.4) is 0 Å². The third-order valence-electron chi connectivity index (χ3n) is 1.99. The molecule has 0 radical (unpaired) electrons. The Morgan fingerprint density at radius 1 is 1.25 bits per heavy atom. The first-order valence-electron chi connectivity index (χ1n) is 4.68. The van der Waals surface area contributed by atoms with E-state index in [0.717, 1.165) is 0 Å². The molecule has 0 aliphatic carbocycles. The average Bonchev–Trinajstić information content (AvgIpc) is 2.30. The molecule has 0 spiro atoms. The van der Waals surface area contributed by atoms with Crippen molar-refractivity contribution in [2.75, 3.05) is 0 Å². The molecule has 0 aromatic rings. The number of amidine groups is 1. The summed E-state index contributed by atoms with van der Waals surface area (Å²) < 4.78 is 0.634. The number of hydrogen-bond donors (Lipinski definition) is 0. The summed E-state index contributed by atoms with van der Waals surface area (Å²) in [5.41, 5.74) is 0.381. The van der Waals surface area contributed by atoms with Gasteiger partial charge < -0.3 is 10.3 Å². The molecule has 0 aromatic heterocycles. The standard InChI is InChI=1S/C11H9N3O2/c15-13-7-3-1-5-10(13)9-12-11-6-2-4-8-14(11)16/h1-9H. The van der Waals surface area contributed by atoms with Gasteiger partial charge in [0.05, 0.1) is 5.70 Å². The maximum atomic E-state index is 11.3. The molecule has 0 bridgehead atoms. The Kier molecular flexibility index (Phi) is 2.88. The van der Waals surface area contributed by atoms with Crippen LogP contribution in [0.25, 0.3) is 0 Å². The van der Waals surface area contributed by atoms with Gasteiger partial charge in [0.1, 0.15) is 6.20 Å². The highest BCUT2D eigenvalue weighted by Gasteiger charge is 2.13. The van der Waals surface area contributed by atoms with E-state index in [2.05, 4.69) is 4.99 Å². The molecule has 0 fully saturated rings. The van der Waals surface area contributed by atoms with Crippen LogP contribution in [0.2, 0.25) is 0 Å². The fourth-order valence-corrected chi connectivity index (χ4v) is 1.19. The zero-order valence-corrected chi connectivity index (χ0v) is 8.35. The summed E-state index contributed by atoms with van der Waals surface area (Å²) in [5, 5.41) is 11.9. The molecule has 80 valence electrons. The fourth-order valence-electron chi connectivity index (χ4n) is 1.19. The molecule has 5 heteroatoms. The van der Waals surface area contributed by atoms with Gasteiger partial charge in [-0.3, -0.25) is 0 Å². The maximum Gasteiger partial charge on any atom is 0.366 e. The van der Waals surface area contributed by atoms with Gasteiger partial charge in [-0.25, -0.2) is 0 Å². The van der Waals surface area contributed by atoms with Gasteiger partial charge in [-0.2, -0.15) is 0 Å². The summed E-state index contributed by atoms with van der Waals surface area (Å²) in [6.45, 7) is 0. The van der Waals surface area contributed by atoms with Crippen LogP contribution < -0.4 is 0 Å². The molecule has 2 aliphatic rings. The molecule has 16 heavy (non-hydrogen) atoms. The van der Waals surface area contributed by atoms with Gasteiger partial charge in [0.15, 0.2) is 6.20 Å². The van der Waals surface area contributed by atoms with Crippen molar-refractivity contribution < 1.29 is 4.76 Å². The third-order valence-corrected chi connectivity index (χ3v) is 1.99. The predicted molar refractivity (Wildman–Crippen MR) is 60.9 cm³/mol. The number of hydroxylamine groups is 2. The van der Waals surface area contributed by atoms with E-state index in [9.17, 15) is 10.1 Å². The van der Waals surface area contributed by atoms with Gasteiger partial charge >= 0.3 is 5.84 Å². The second-order valence-electron chi connectivity index (χ2n) is 3.09. The van der Waals surface area contributed by atoms with E-state index in [4.69, 9.17) is 0 Å². The highest BCUT2D eigenvalue weighted by Crippen LogP contribution is 2.10. The van der Waals surface area contributed by atoms with Crippen molar-refractivity contribution in [3.8, 4) is 0 Å². The maximum absolute atomic E-state index is 11.3. The topological polar surface area (TPSA) is 58.7 Å². The molecule has 0 saturated heterocycles. The van der Waals surface area contributed by atoms with Crippen molar-refractivity contribution in [1.29, 1.82) is 0 Å². The van der Waals surface area contributed by atoms with Crippen molar-refractivity contribution in [2.24, 2.45) is 4.99 Å². The van der Waals surface area contributed by atoms with E-state index in [0.29, 0.717) is 15.5 Å². The first-order chi connectivity index (χ1) is 7.77. The Balaban J connectivity index is 2.19. The van der Waals surface area contributed by atoms with E-state index in [1.807, 2.05) is 0 Å². The summed E-state index contributed by atoms with van der Waals surface area (Å²) in [4.78, 5) is 15.2. The molecule has 0 amide bonds. The minimum atomic E-state index is 0.242. The largest absolute Gasteiger partial charge is 0.754 e. The van der Waals surface area contributed by atoms with Gasteiger partial charge in [0.2, 0.25) is 0 Å². The zero-order valence-electron chi connectivity index (χ0n) is 8.35. The minimum Gasteiger partial charge on any atom is -0.754 e. The molecule has 2 heterocycles. The third kappa shape index (κ3) is 2.21. The molecular weight excluding hydrogens is 206 g/mol. The average molecular weight is 215 g/mol. The number of rotatable bonds is 1. The lowest BCUT2D eigenvalue weighted by Crippen LogP contribution is -2.12. The quantitative estimate of drug-likeness (QED) is 0.628. The second kappa shape index (κ2) is 4.50. The van der Waals surface area contributed by atoms with Crippen molar-refractivity contribution in [3.63, 3.8) is 0 Å². The predicted octanol–water partition coefficient (Wildman–Crippen LogP) is 1.97. The Hall–Kier alpha value is -2.27. The van der Waals surface area contributed by atoms with Crippen LogP contribution in [0.5, 0.6) is 0 Å². The van der Waals surface area contributed by atoms with Crippen molar-refractivity contribution in [2.45, 2.75) is 0 Å². The van der Waals surface area contributed by atoms with Crippen LogP contribution in [0, 0.1) is 10.1 Å². The van der Waals surface area contributed by atoms with Crippen LogP contribution >= 0.6 is 0 Å². The van der Waals surface area contributed by atoms with Crippen LogP contribution in [0.1, 0.15) is 0 Å². The second-order valence-corrected chi connectivity index (χ2v) is 3.09. The molecule has 0 N–H and O–H groups in total. The van der Waals surface area contributed by atoms with Crippen LogP contribution in [0.15, 0.2) is 65.7 Å². The van der Waals surface area contributed by atoms with E-state index < -0.39 is 0 Å². The first kappa shape index (κ1) is 10.3. The molecular formula is C11H9N3O2. The Morgan fingerprint density at radius 3 is 2.81 bits per heavy atom. The fraction of sp³-hybridized carbons (Fsp3) is 0. The van der Waals surface area contributed by atoms with Crippen molar-refractivity contribution in [1.82, 2.24) is 5.06 Å². The minimum absolute atomic E-state index is 0.242. The molecule has 2 rings (SSSR count). The Labute approximate surface area is 92.2 Å². The summed E-state index contributed by atoms with van der Waals surface area (Å²) >= 11 is 0. The SMILES string of the molecule is O=[N+]1C=CC=CC1=NC=C1C=CC=CN1[O-]. The van der Waals surface area contributed by atoms with Crippen LogP contribution in [-0.4, -0.2) is 15.7 Å². The van der Waals surface area contributed by atoms with Gasteiger partial charge in [0.25, 0.3) is 0 Å². The van der Waals surface area contributed by atoms with Crippen molar-refractivity contribution in [3.05, 3.63) is 70.9 Å². The highest BCUT2D eigenvalue weighted by molar-refractivity contribution is 5.87. The Bertz CT molecular complexity index is 481. The normalized spacial score (nSPS) is 23.8. The lowest BCUT2D eigenvalue weighted by molar-refractivity contribution is -0.348. The molecule has 5 nitrogen and oxygen atoms in total. The van der Waals surface area contributed by atoms with E-state index in [1.54, 1.807) is 36.5 Å². The van der Waals surface area contributed by atoms with Gasteiger partial charge in [0, 0.05) is 10.8 Å². The number of allylic oxidation sites excluding steroid dienone is 5. The molecule has 0 aromatic carbocycles. The number of aliphatic imine (C=N–C) groups is 1. The van der Waals surface area contributed by atoms with E-state index >= 15 is 0 Å². The first-order valence-corrected chi connectivity index (χ1v) is 4.68. The van der Waals surface area contributed by atoms with Gasteiger partial charge in [-0.05, 0) is 29.4 Å². The number of hydrogen-bond acceptors (Lipinski definition) is 4. The van der Waals surface area contributed by atoms with E-state index in [-0.39, 0.29) is 5.84 Å². The summed E-state index contributed by atoms with van der Waals surface area (Å²) in [5.74, 6) is 0.242. The summed E-state index contributed by atoms with van der Waals surface area (Å²) in [6.07, 6.45) is 13.9. The summed E-state index contributed by atoms with van der Waals surface area (Å²) in [7, 11) is 0. The highest BCUT2D eigenvalue weighted by atomic mass is 16.5. The lowest BCUT2D eigenvalue weighted by Gasteiger charge is -2.27. The molecule has 0 saturated carbocycles. The van der Waals surface area contributed by atoms with Gasteiger partial charge in [-0.1, -0.05) is 17.1 Å². The monoisotopic (exact) mass is 215 g/mol. The molecule has 0 atom stereocenters. The van der Waals surface area contributed by atoms with Crippen molar-refractivity contribution >= 4 is 5.84 Å². The zero-order chi connectivity index (χ0) is 11.4. The lowest BCUT2D eigenvalue weighted by atomic mass is 10.3. The number of nitroso groups, excluding NO2 is 1. The van der Waals surface area contributed by atoms with E-state index in [1.165, 1.54) is 18.6 Å². The molecule has 2 aliphatic heterocycles. The number of nitrogens with zero attached hydrogens (tertiary/aromatic N) is 3. The summed E-state index contributed by atoms with van der Waals surface area (Å²) in [6, 6.07) is 0. The van der Waals surface area contributed by atoms with Gasteiger partial charge in [-0.15, -0.1) is 0 Å².